The van der Waals surface area contributed by atoms with Crippen LogP contribution in [-0.2, 0) is 0 Å². The Morgan fingerprint density at radius 2 is 0.790 bits per heavy atom. The average molecular weight is 789 g/mol. The van der Waals surface area contributed by atoms with Crippen LogP contribution in [0.3, 0.4) is 0 Å². The zero-order valence-electron chi connectivity index (χ0n) is 34.0. The molecule has 12 aromatic rings. The summed E-state index contributed by atoms with van der Waals surface area (Å²) in [6.45, 7) is 4.18. The van der Waals surface area contributed by atoms with Gasteiger partial charge in [-0.3, -0.25) is 0 Å². The van der Waals surface area contributed by atoms with Crippen LogP contribution in [0.5, 0.6) is 0 Å². The van der Waals surface area contributed by atoms with Crippen molar-refractivity contribution in [2.24, 2.45) is 0 Å². The zero-order valence-corrected chi connectivity index (χ0v) is 34.0. The minimum Gasteiger partial charge on any atom is -0.310 e. The van der Waals surface area contributed by atoms with Gasteiger partial charge in [0.1, 0.15) is 0 Å². The molecule has 0 aliphatic carbocycles. The van der Waals surface area contributed by atoms with E-state index in [1.807, 2.05) is 6.08 Å². The molecule has 0 spiro atoms. The van der Waals surface area contributed by atoms with Crippen LogP contribution in [0.2, 0.25) is 0 Å². The Balaban J connectivity index is 1.24. The molecule has 290 valence electrons. The molecule has 2 aromatic heterocycles. The summed E-state index contributed by atoms with van der Waals surface area (Å²) in [7, 11) is 0. The van der Waals surface area contributed by atoms with Gasteiger partial charge in [-0.2, -0.15) is 0 Å². The molecule has 0 saturated heterocycles. The summed E-state index contributed by atoms with van der Waals surface area (Å²) in [5, 5.41) is 7.38. The maximum absolute atomic E-state index is 4.18. The fourth-order valence-corrected chi connectivity index (χ4v) is 9.71. The summed E-state index contributed by atoms with van der Waals surface area (Å²) in [6.07, 6.45) is 1.95. The first kappa shape index (κ1) is 35.7. The van der Waals surface area contributed by atoms with E-state index in [0.717, 1.165) is 44.9 Å². The highest BCUT2D eigenvalue weighted by Gasteiger charge is 2.23. The monoisotopic (exact) mass is 788 g/mol. The van der Waals surface area contributed by atoms with Crippen LogP contribution in [0, 0.1) is 0 Å². The molecular weight excluding hydrogens is 749 g/mol. The highest BCUT2D eigenvalue weighted by Crippen LogP contribution is 2.48. The minimum atomic E-state index is 1.07. The van der Waals surface area contributed by atoms with Gasteiger partial charge in [-0.15, -0.1) is 0 Å². The molecule has 0 unspecified atom stereocenters. The van der Waals surface area contributed by atoms with Gasteiger partial charge in [-0.05, 0) is 128 Å². The third kappa shape index (κ3) is 5.88. The Morgan fingerprint density at radius 1 is 0.339 bits per heavy atom. The number of aromatic nitrogens is 1. The van der Waals surface area contributed by atoms with Crippen molar-refractivity contribution in [1.29, 1.82) is 0 Å². The summed E-state index contributed by atoms with van der Waals surface area (Å²) < 4.78 is 2.49. The van der Waals surface area contributed by atoms with Crippen LogP contribution < -0.4 is 4.90 Å². The van der Waals surface area contributed by atoms with Crippen molar-refractivity contribution >= 4 is 72.0 Å². The van der Waals surface area contributed by atoms with Crippen molar-refractivity contribution in [1.82, 2.24) is 4.40 Å². The molecule has 0 amide bonds. The second-order valence-electron chi connectivity index (χ2n) is 16.2. The molecule has 0 aliphatic rings. The molecule has 0 N–H and O–H groups in total. The lowest BCUT2D eigenvalue weighted by Gasteiger charge is -2.29. The Hall–Kier alpha value is -8.20. The molecule has 0 radical (unpaired) electrons. The number of nitrogens with zero attached hydrogens (tertiary/aromatic N) is 2. The van der Waals surface area contributed by atoms with Gasteiger partial charge < -0.3 is 9.30 Å². The van der Waals surface area contributed by atoms with Crippen molar-refractivity contribution in [2.45, 2.75) is 0 Å². The van der Waals surface area contributed by atoms with Gasteiger partial charge in [-0.1, -0.05) is 170 Å². The molecule has 0 fully saturated rings. The van der Waals surface area contributed by atoms with E-state index in [1.165, 1.54) is 71.1 Å². The van der Waals surface area contributed by atoms with E-state index in [4.69, 9.17) is 0 Å². The van der Waals surface area contributed by atoms with Crippen molar-refractivity contribution in [3.63, 3.8) is 0 Å². The van der Waals surface area contributed by atoms with Gasteiger partial charge in [0.15, 0.2) is 0 Å². The quantitative estimate of drug-likeness (QED) is 0.110. The van der Waals surface area contributed by atoms with E-state index in [1.54, 1.807) is 0 Å². The predicted octanol–water partition coefficient (Wildman–Crippen LogP) is 16.8. The lowest BCUT2D eigenvalue weighted by atomic mass is 9.95. The van der Waals surface area contributed by atoms with E-state index < -0.39 is 0 Å². The first-order valence-electron chi connectivity index (χ1n) is 21.3. The van der Waals surface area contributed by atoms with Crippen LogP contribution in [0.1, 0.15) is 5.56 Å². The molecule has 2 heteroatoms. The third-order valence-corrected chi connectivity index (χ3v) is 12.6. The van der Waals surface area contributed by atoms with Gasteiger partial charge >= 0.3 is 0 Å². The Labute approximate surface area is 360 Å². The molecule has 0 atom stereocenters. The lowest BCUT2D eigenvalue weighted by molar-refractivity contribution is 1.29. The van der Waals surface area contributed by atoms with Gasteiger partial charge in [-0.25, -0.2) is 0 Å². The largest absolute Gasteiger partial charge is 0.310 e. The lowest BCUT2D eigenvalue weighted by Crippen LogP contribution is -2.11. The Morgan fingerprint density at radius 3 is 1.27 bits per heavy atom. The highest BCUT2D eigenvalue weighted by molar-refractivity contribution is 6.28. The second-order valence-corrected chi connectivity index (χ2v) is 16.2. The maximum atomic E-state index is 4.18. The molecule has 12 rings (SSSR count). The predicted molar refractivity (Wildman–Crippen MR) is 265 cm³/mol. The SMILES string of the molecule is C=Cc1ccc2c(c1)c1cc(N(c3cc(-c4ccccc4)cc(-c4ccccc4)c3)c3cc(-c4ccccc4)cc(-c4ccccc4)c3)cc3c4cccc5cccc(c54)n2c31. The van der Waals surface area contributed by atoms with Crippen molar-refractivity contribution in [2.75, 3.05) is 4.90 Å². The number of pyridine rings is 1. The molecule has 2 nitrogen and oxygen atoms in total. The van der Waals surface area contributed by atoms with Crippen LogP contribution >= 0.6 is 0 Å². The number of rotatable bonds is 8. The second kappa shape index (κ2) is 14.5. The molecule has 0 bridgehead atoms. The smallest absolute Gasteiger partial charge is 0.0621 e. The van der Waals surface area contributed by atoms with E-state index in [-0.39, 0.29) is 0 Å². The highest BCUT2D eigenvalue weighted by atomic mass is 15.1. The molecule has 0 aliphatic heterocycles. The third-order valence-electron chi connectivity index (χ3n) is 12.6. The first-order valence-corrected chi connectivity index (χ1v) is 21.3. The van der Waals surface area contributed by atoms with Crippen molar-refractivity contribution in [3.05, 3.63) is 237 Å². The van der Waals surface area contributed by atoms with Crippen LogP contribution in [0.15, 0.2) is 231 Å². The zero-order chi connectivity index (χ0) is 41.1. The van der Waals surface area contributed by atoms with Gasteiger partial charge in [0.25, 0.3) is 0 Å². The summed E-state index contributed by atoms with van der Waals surface area (Å²) in [5.41, 5.74) is 17.3. The number of hydrogen-bond acceptors (Lipinski definition) is 1. The van der Waals surface area contributed by atoms with Crippen LogP contribution in [0.25, 0.3) is 99.5 Å². The molecule has 10 aromatic carbocycles. The standard InChI is InChI=1S/C60H40N2/c1-2-40-29-30-57-54(31-40)56-39-52(38-55-53-27-15-25-45-26-16-28-58(59(45)53)62(57)60(55)56)61(50-34-46(41-17-7-3-8-18-41)32-47(35-50)42-19-9-4-10-20-42)51-36-48(43-21-11-5-12-22-43)33-49(37-51)44-23-13-6-14-24-44/h2-39H,1H2. The fourth-order valence-electron chi connectivity index (χ4n) is 9.71. The van der Waals surface area contributed by atoms with Crippen LogP contribution in [-0.4, -0.2) is 4.40 Å². The van der Waals surface area contributed by atoms with Gasteiger partial charge in [0, 0.05) is 38.6 Å². The summed E-state index contributed by atoms with van der Waals surface area (Å²) in [5.74, 6) is 0. The van der Waals surface area contributed by atoms with Crippen molar-refractivity contribution in [3.8, 4) is 44.5 Å². The van der Waals surface area contributed by atoms with E-state index in [0.29, 0.717) is 0 Å². The number of hydrogen-bond donors (Lipinski definition) is 0. The maximum Gasteiger partial charge on any atom is 0.0621 e. The molecular formula is C60H40N2. The summed E-state index contributed by atoms with van der Waals surface area (Å²) >= 11 is 0. The number of fused-ring (bicyclic) bond motifs is 5. The molecule has 0 saturated carbocycles. The average Bonchev–Trinajstić information content (AvgIpc) is 3.68. The Kier molecular flexibility index (Phi) is 8.36. The molecule has 62 heavy (non-hydrogen) atoms. The van der Waals surface area contributed by atoms with Gasteiger partial charge in [0.05, 0.1) is 16.6 Å². The van der Waals surface area contributed by atoms with Crippen LogP contribution in [0.4, 0.5) is 17.1 Å². The first-order chi connectivity index (χ1) is 30.7. The normalized spacial score (nSPS) is 11.6. The Bertz CT molecular complexity index is 3380. The van der Waals surface area contributed by atoms with E-state index in [2.05, 4.69) is 240 Å². The number of benzene rings is 10. The van der Waals surface area contributed by atoms with Crippen molar-refractivity contribution < 1.29 is 0 Å². The number of anilines is 3. The van der Waals surface area contributed by atoms with E-state index >= 15 is 0 Å². The fraction of sp³-hybridized carbons (Fsp3) is 0. The minimum absolute atomic E-state index is 1.07. The topological polar surface area (TPSA) is 7.65 Å². The van der Waals surface area contributed by atoms with Gasteiger partial charge in [0.2, 0.25) is 0 Å². The summed E-state index contributed by atoms with van der Waals surface area (Å²) in [6, 6.07) is 82.2. The molecule has 2 heterocycles. The summed E-state index contributed by atoms with van der Waals surface area (Å²) in [4.78, 5) is 2.49. The van der Waals surface area contributed by atoms with E-state index in [9.17, 15) is 0 Å².